The van der Waals surface area contributed by atoms with Gasteiger partial charge in [-0.2, -0.15) is 5.26 Å². The zero-order chi connectivity index (χ0) is 25.8. The number of likely N-dealkylation sites (tertiary alicyclic amines) is 1. The van der Waals surface area contributed by atoms with Gasteiger partial charge in [-0.1, -0.05) is 24.6 Å². The highest BCUT2D eigenvalue weighted by molar-refractivity contribution is 5.97. The van der Waals surface area contributed by atoms with E-state index in [2.05, 4.69) is 16.7 Å². The number of anilines is 1. The van der Waals surface area contributed by atoms with E-state index in [1.54, 1.807) is 35.2 Å². The van der Waals surface area contributed by atoms with Gasteiger partial charge < -0.3 is 20.3 Å². The van der Waals surface area contributed by atoms with Gasteiger partial charge >= 0.3 is 6.03 Å². The van der Waals surface area contributed by atoms with Crippen LogP contribution in [0.5, 0.6) is 0 Å². The monoisotopic (exact) mass is 504 g/mol. The zero-order valence-corrected chi connectivity index (χ0v) is 21.0. The summed E-state index contributed by atoms with van der Waals surface area (Å²) in [6, 6.07) is 13.9. The van der Waals surface area contributed by atoms with Gasteiger partial charge in [0.1, 0.15) is 5.67 Å². The molecule has 2 heterocycles. The molecule has 0 unspecified atom stereocenters. The topological polar surface area (TPSA) is 94.5 Å². The van der Waals surface area contributed by atoms with Gasteiger partial charge in [0.25, 0.3) is 5.91 Å². The maximum atomic E-state index is 15.7. The standard InChI is InChI=1S/C29H33FN4O3/c30-29(23-9-6-20(18-31)7-10-23)12-14-34(15-13-29)27(35)22-8-11-25(21-3-1-4-21)26(17-22)33-28(36)32-19-24-5-2-16-37-24/h6-11,17,21,24H,1-5,12-16,19H2,(H2,32,33,36)/t24-/m0/s1. The van der Waals surface area contributed by atoms with Gasteiger partial charge in [0.05, 0.1) is 17.7 Å². The minimum absolute atomic E-state index is 0.0516. The molecule has 2 N–H and O–H groups in total. The lowest BCUT2D eigenvalue weighted by atomic mass is 9.79. The van der Waals surface area contributed by atoms with Crippen LogP contribution in [0.15, 0.2) is 42.5 Å². The van der Waals surface area contributed by atoms with E-state index in [9.17, 15) is 9.59 Å². The number of amides is 3. The van der Waals surface area contributed by atoms with Gasteiger partial charge in [0.15, 0.2) is 0 Å². The van der Waals surface area contributed by atoms with Crippen molar-refractivity contribution in [3.05, 3.63) is 64.7 Å². The summed E-state index contributed by atoms with van der Waals surface area (Å²) in [6.07, 6.45) is 5.70. The predicted octanol–water partition coefficient (Wildman–Crippen LogP) is 5.23. The second kappa shape index (κ2) is 10.9. The number of alkyl halides is 1. The van der Waals surface area contributed by atoms with Crippen LogP contribution in [0.1, 0.15) is 77.9 Å². The molecule has 2 aliphatic heterocycles. The molecular formula is C29H33FN4O3. The SMILES string of the molecule is N#Cc1ccc(C2(F)CCN(C(=O)c3ccc(C4CCC4)c(NC(=O)NC[C@@H]4CCCO4)c3)CC2)cc1. The van der Waals surface area contributed by atoms with Crippen LogP contribution in [0, 0.1) is 11.3 Å². The number of urea groups is 1. The number of halogens is 1. The average molecular weight is 505 g/mol. The Morgan fingerprint density at radius 2 is 1.84 bits per heavy atom. The Balaban J connectivity index is 1.25. The Hall–Kier alpha value is -3.44. The number of carbonyl (C=O) groups is 2. The van der Waals surface area contributed by atoms with Gasteiger partial charge in [0.2, 0.25) is 0 Å². The minimum atomic E-state index is -1.52. The number of nitriles is 1. The van der Waals surface area contributed by atoms with Gasteiger partial charge in [-0.3, -0.25) is 4.79 Å². The fourth-order valence-electron chi connectivity index (χ4n) is 5.43. The highest BCUT2D eigenvalue weighted by atomic mass is 19.1. The number of nitrogens with zero attached hydrogens (tertiary/aromatic N) is 2. The van der Waals surface area contributed by atoms with Crippen molar-refractivity contribution in [2.75, 3.05) is 31.6 Å². The lowest BCUT2D eigenvalue weighted by Gasteiger charge is -2.37. The summed E-state index contributed by atoms with van der Waals surface area (Å²) < 4.78 is 21.3. The van der Waals surface area contributed by atoms with Crippen LogP contribution in [-0.4, -0.2) is 49.2 Å². The molecule has 3 fully saturated rings. The fourth-order valence-corrected chi connectivity index (χ4v) is 5.43. The summed E-state index contributed by atoms with van der Waals surface area (Å²) in [5.41, 5.74) is 1.72. The van der Waals surface area contributed by atoms with E-state index in [0.29, 0.717) is 47.9 Å². The van der Waals surface area contributed by atoms with Crippen LogP contribution < -0.4 is 10.6 Å². The Bertz CT molecular complexity index is 1170. The third kappa shape index (κ3) is 5.62. The van der Waals surface area contributed by atoms with Crippen LogP contribution in [-0.2, 0) is 10.4 Å². The maximum absolute atomic E-state index is 15.7. The number of hydrogen-bond acceptors (Lipinski definition) is 4. The summed E-state index contributed by atoms with van der Waals surface area (Å²) in [7, 11) is 0. The first-order chi connectivity index (χ1) is 17.9. The molecule has 1 saturated carbocycles. The number of ether oxygens (including phenoxy) is 1. The van der Waals surface area contributed by atoms with Crippen molar-refractivity contribution in [3.8, 4) is 6.07 Å². The van der Waals surface area contributed by atoms with Crippen molar-refractivity contribution in [2.45, 2.75) is 62.6 Å². The van der Waals surface area contributed by atoms with Crippen LogP contribution in [0.2, 0.25) is 0 Å². The van der Waals surface area contributed by atoms with Crippen LogP contribution >= 0.6 is 0 Å². The number of carbonyl (C=O) groups excluding carboxylic acids is 2. The molecule has 2 aromatic rings. The van der Waals surface area contributed by atoms with Gasteiger partial charge in [-0.25, -0.2) is 9.18 Å². The lowest BCUT2D eigenvalue weighted by Crippen LogP contribution is -2.43. The molecule has 194 valence electrons. The molecule has 37 heavy (non-hydrogen) atoms. The highest BCUT2D eigenvalue weighted by Gasteiger charge is 2.38. The smallest absolute Gasteiger partial charge is 0.319 e. The summed E-state index contributed by atoms with van der Waals surface area (Å²) >= 11 is 0. The van der Waals surface area contributed by atoms with Crippen molar-refractivity contribution < 1.29 is 18.7 Å². The average Bonchev–Trinajstić information content (AvgIpc) is 3.41. The maximum Gasteiger partial charge on any atom is 0.319 e. The third-order valence-electron chi connectivity index (χ3n) is 7.98. The summed E-state index contributed by atoms with van der Waals surface area (Å²) in [6.45, 7) is 1.79. The molecule has 3 aliphatic rings. The quantitative estimate of drug-likeness (QED) is 0.563. The molecule has 8 heteroatoms. The van der Waals surface area contributed by atoms with Crippen LogP contribution in [0.4, 0.5) is 14.9 Å². The zero-order valence-electron chi connectivity index (χ0n) is 21.0. The second-order valence-corrected chi connectivity index (χ2v) is 10.3. The van der Waals surface area contributed by atoms with E-state index in [1.165, 1.54) is 0 Å². The molecule has 3 amide bonds. The molecule has 7 nitrogen and oxygen atoms in total. The van der Waals surface area contributed by atoms with Crippen molar-refractivity contribution in [1.29, 1.82) is 5.26 Å². The van der Waals surface area contributed by atoms with E-state index < -0.39 is 5.67 Å². The highest BCUT2D eigenvalue weighted by Crippen LogP contribution is 2.41. The summed E-state index contributed by atoms with van der Waals surface area (Å²) in [4.78, 5) is 27.7. The van der Waals surface area contributed by atoms with Crippen molar-refractivity contribution in [2.24, 2.45) is 0 Å². The van der Waals surface area contributed by atoms with Crippen LogP contribution in [0.25, 0.3) is 0 Å². The molecule has 0 spiro atoms. The largest absolute Gasteiger partial charge is 0.376 e. The van der Waals surface area contributed by atoms with E-state index in [4.69, 9.17) is 10.00 Å². The molecular weight excluding hydrogens is 471 g/mol. The Morgan fingerprint density at radius 1 is 1.08 bits per heavy atom. The molecule has 2 saturated heterocycles. The molecule has 1 aliphatic carbocycles. The fraction of sp³-hybridized carbons (Fsp3) is 0.483. The number of rotatable bonds is 6. The third-order valence-corrected chi connectivity index (χ3v) is 7.98. The van der Waals surface area contributed by atoms with E-state index in [0.717, 1.165) is 44.3 Å². The molecule has 0 aromatic heterocycles. The van der Waals surface area contributed by atoms with Crippen molar-refractivity contribution >= 4 is 17.6 Å². The van der Waals surface area contributed by atoms with Crippen molar-refractivity contribution in [1.82, 2.24) is 10.2 Å². The minimum Gasteiger partial charge on any atom is -0.376 e. The number of hydrogen-bond donors (Lipinski definition) is 2. The Labute approximate surface area is 217 Å². The molecule has 1 atom stereocenters. The second-order valence-electron chi connectivity index (χ2n) is 10.3. The summed E-state index contributed by atoms with van der Waals surface area (Å²) in [5.74, 6) is 0.219. The van der Waals surface area contributed by atoms with Gasteiger partial charge in [0, 0.05) is 50.3 Å². The first kappa shape index (κ1) is 25.2. The lowest BCUT2D eigenvalue weighted by molar-refractivity contribution is 0.0421. The van der Waals surface area contributed by atoms with Gasteiger partial charge in [-0.05, 0) is 67.0 Å². The van der Waals surface area contributed by atoms with E-state index >= 15 is 4.39 Å². The van der Waals surface area contributed by atoms with E-state index in [-0.39, 0.29) is 30.9 Å². The molecule has 5 rings (SSSR count). The first-order valence-electron chi connectivity index (χ1n) is 13.2. The number of nitrogens with one attached hydrogen (secondary N) is 2. The Morgan fingerprint density at radius 3 is 2.46 bits per heavy atom. The van der Waals surface area contributed by atoms with Gasteiger partial charge in [-0.15, -0.1) is 0 Å². The van der Waals surface area contributed by atoms with Crippen molar-refractivity contribution in [3.63, 3.8) is 0 Å². The first-order valence-corrected chi connectivity index (χ1v) is 13.2. The predicted molar refractivity (Wildman–Crippen MR) is 138 cm³/mol. The number of piperidine rings is 1. The molecule has 2 aromatic carbocycles. The molecule has 0 bridgehead atoms. The Kier molecular flexibility index (Phi) is 7.43. The summed E-state index contributed by atoms with van der Waals surface area (Å²) in [5, 5.41) is 14.8. The number of benzene rings is 2. The normalized spacial score (nSPS) is 21.1. The molecule has 0 radical (unpaired) electrons. The van der Waals surface area contributed by atoms with E-state index in [1.807, 2.05) is 12.1 Å². The van der Waals surface area contributed by atoms with Crippen LogP contribution in [0.3, 0.4) is 0 Å².